The van der Waals surface area contributed by atoms with Crippen molar-refractivity contribution in [2.75, 3.05) is 19.8 Å². The highest BCUT2D eigenvalue weighted by atomic mass is 35.5. The predicted molar refractivity (Wildman–Crippen MR) is 70.3 cm³/mol. The minimum Gasteiger partial charge on any atom is -0.380 e. The monoisotopic (exact) mass is 257 g/mol. The molecule has 0 aliphatic carbocycles. The van der Waals surface area contributed by atoms with Crippen molar-refractivity contribution in [2.24, 2.45) is 7.05 Å². The van der Waals surface area contributed by atoms with E-state index < -0.39 is 0 Å². The molecule has 96 valence electrons. The van der Waals surface area contributed by atoms with E-state index in [1.54, 1.807) is 0 Å². The summed E-state index contributed by atoms with van der Waals surface area (Å²) in [6.07, 6.45) is 2.75. The summed E-state index contributed by atoms with van der Waals surface area (Å²) in [7, 11) is 1.90. The molecule has 0 unspecified atom stereocenters. The molecule has 4 nitrogen and oxygen atoms in total. The lowest BCUT2D eigenvalue weighted by atomic mass is 10.3. The van der Waals surface area contributed by atoms with E-state index in [9.17, 15) is 0 Å². The lowest BCUT2D eigenvalue weighted by Gasteiger charge is -2.06. The molecule has 0 saturated carbocycles. The summed E-state index contributed by atoms with van der Waals surface area (Å²) in [4.78, 5) is 0. The molecule has 0 aliphatic rings. The van der Waals surface area contributed by atoms with Crippen LogP contribution in [0.5, 0.6) is 0 Å². The molecule has 0 radical (unpaired) electrons. The Bertz CT molecular complexity index is 363. The van der Waals surface area contributed by atoms with Crippen molar-refractivity contribution in [1.82, 2.24) is 15.1 Å². The number of aromatic nitrogens is 2. The van der Waals surface area contributed by atoms with Gasteiger partial charge in [-0.3, -0.25) is 4.68 Å². The molecule has 0 bridgehead atoms. The van der Waals surface area contributed by atoms with E-state index in [4.69, 9.17) is 16.3 Å². The predicted octanol–water partition coefficient (Wildman–Crippen LogP) is 2.06. The first-order chi connectivity index (χ1) is 8.16. The average molecular weight is 258 g/mol. The van der Waals surface area contributed by atoms with E-state index in [0.29, 0.717) is 13.2 Å². The fraction of sp³-hybridized carbons (Fsp3) is 0.583. The van der Waals surface area contributed by atoms with E-state index in [-0.39, 0.29) is 0 Å². The second-order valence-corrected chi connectivity index (χ2v) is 4.21. The van der Waals surface area contributed by atoms with Gasteiger partial charge in [-0.05, 0) is 13.3 Å². The van der Waals surface area contributed by atoms with Crippen molar-refractivity contribution in [3.63, 3.8) is 0 Å². The van der Waals surface area contributed by atoms with Crippen molar-refractivity contribution >= 4 is 11.6 Å². The van der Waals surface area contributed by atoms with Gasteiger partial charge in [0.05, 0.1) is 29.6 Å². The Morgan fingerprint density at radius 1 is 1.53 bits per heavy atom. The Morgan fingerprint density at radius 3 is 2.88 bits per heavy atom. The molecule has 0 saturated heterocycles. The zero-order valence-corrected chi connectivity index (χ0v) is 11.3. The maximum atomic E-state index is 6.13. The first-order valence-electron chi connectivity index (χ1n) is 5.74. The Kier molecular flexibility index (Phi) is 6.26. The molecule has 1 N–H and O–H groups in total. The standard InChI is InChI=1S/C12H20ClN3O/c1-4-5-7-17-8-6-14-9-11-12(13)10(2)15-16(11)3/h4,14H,1,5-9H2,2-3H3. The molecule has 0 fully saturated rings. The van der Waals surface area contributed by atoms with Crippen molar-refractivity contribution in [3.05, 3.63) is 29.1 Å². The number of nitrogens with one attached hydrogen (secondary N) is 1. The molecule has 0 aromatic carbocycles. The minimum absolute atomic E-state index is 0.697. The van der Waals surface area contributed by atoms with Gasteiger partial charge in [-0.15, -0.1) is 6.58 Å². The largest absolute Gasteiger partial charge is 0.380 e. The summed E-state index contributed by atoms with van der Waals surface area (Å²) in [5.74, 6) is 0. The maximum Gasteiger partial charge on any atom is 0.0860 e. The van der Waals surface area contributed by atoms with E-state index in [2.05, 4.69) is 17.0 Å². The quantitative estimate of drug-likeness (QED) is 0.572. The third-order valence-electron chi connectivity index (χ3n) is 2.44. The molecule has 0 aliphatic heterocycles. The van der Waals surface area contributed by atoms with Crippen LogP contribution in [0.3, 0.4) is 0 Å². The summed E-state index contributed by atoms with van der Waals surface area (Å²) in [6, 6.07) is 0. The van der Waals surface area contributed by atoms with Crippen LogP contribution in [0.4, 0.5) is 0 Å². The van der Waals surface area contributed by atoms with Crippen molar-refractivity contribution in [1.29, 1.82) is 0 Å². The van der Waals surface area contributed by atoms with Gasteiger partial charge in [0.15, 0.2) is 0 Å². The van der Waals surface area contributed by atoms with Gasteiger partial charge in [-0.2, -0.15) is 5.10 Å². The Hall–Kier alpha value is -0.840. The molecule has 0 atom stereocenters. The van der Waals surface area contributed by atoms with Crippen molar-refractivity contribution < 1.29 is 4.74 Å². The minimum atomic E-state index is 0.697. The van der Waals surface area contributed by atoms with Gasteiger partial charge in [0.1, 0.15) is 0 Å². The SMILES string of the molecule is C=CCCOCCNCc1c(Cl)c(C)nn1C. The van der Waals surface area contributed by atoms with Crippen molar-refractivity contribution in [3.8, 4) is 0 Å². The number of halogens is 1. The number of hydrogen-bond acceptors (Lipinski definition) is 3. The summed E-state index contributed by atoms with van der Waals surface area (Å²) in [6.45, 7) is 8.49. The molecular formula is C12H20ClN3O. The van der Waals surface area contributed by atoms with Crippen LogP contribution in [0.2, 0.25) is 5.02 Å². The normalized spacial score (nSPS) is 10.8. The third-order valence-corrected chi connectivity index (χ3v) is 2.94. The summed E-state index contributed by atoms with van der Waals surface area (Å²) >= 11 is 6.13. The van der Waals surface area contributed by atoms with Crippen LogP contribution in [-0.2, 0) is 18.3 Å². The van der Waals surface area contributed by atoms with Crippen molar-refractivity contribution in [2.45, 2.75) is 19.9 Å². The number of aryl methyl sites for hydroxylation is 2. The Morgan fingerprint density at radius 2 is 2.29 bits per heavy atom. The number of nitrogens with zero attached hydrogens (tertiary/aromatic N) is 2. The number of hydrogen-bond donors (Lipinski definition) is 1. The average Bonchev–Trinajstić information content (AvgIpc) is 2.54. The van der Waals surface area contributed by atoms with Gasteiger partial charge < -0.3 is 10.1 Å². The van der Waals surface area contributed by atoms with Crippen LogP contribution >= 0.6 is 11.6 Å². The van der Waals surface area contributed by atoms with E-state index in [0.717, 1.165) is 36.0 Å². The van der Waals surface area contributed by atoms with Gasteiger partial charge in [0.25, 0.3) is 0 Å². The van der Waals surface area contributed by atoms with E-state index in [1.807, 2.05) is 24.7 Å². The van der Waals surface area contributed by atoms with Gasteiger partial charge >= 0.3 is 0 Å². The molecule has 0 amide bonds. The zero-order chi connectivity index (χ0) is 12.7. The second kappa shape index (κ2) is 7.48. The van der Waals surface area contributed by atoms with Crippen LogP contribution in [0, 0.1) is 6.92 Å². The van der Waals surface area contributed by atoms with Crippen LogP contribution in [0.15, 0.2) is 12.7 Å². The molecular weight excluding hydrogens is 238 g/mol. The van der Waals surface area contributed by atoms with Gasteiger partial charge in [-0.25, -0.2) is 0 Å². The first-order valence-corrected chi connectivity index (χ1v) is 6.12. The van der Waals surface area contributed by atoms with E-state index in [1.165, 1.54) is 0 Å². The van der Waals surface area contributed by atoms with Gasteiger partial charge in [-0.1, -0.05) is 17.7 Å². The van der Waals surface area contributed by atoms with Crippen LogP contribution in [0.25, 0.3) is 0 Å². The molecule has 5 heteroatoms. The topological polar surface area (TPSA) is 39.1 Å². The zero-order valence-electron chi connectivity index (χ0n) is 10.5. The fourth-order valence-corrected chi connectivity index (χ4v) is 1.72. The number of ether oxygens (including phenoxy) is 1. The summed E-state index contributed by atoms with van der Waals surface area (Å²) < 4.78 is 7.20. The highest BCUT2D eigenvalue weighted by Crippen LogP contribution is 2.18. The van der Waals surface area contributed by atoms with Gasteiger partial charge in [0.2, 0.25) is 0 Å². The fourth-order valence-electron chi connectivity index (χ4n) is 1.49. The lowest BCUT2D eigenvalue weighted by Crippen LogP contribution is -2.21. The smallest absolute Gasteiger partial charge is 0.0860 e. The molecule has 17 heavy (non-hydrogen) atoms. The highest BCUT2D eigenvalue weighted by molar-refractivity contribution is 6.31. The Balaban J connectivity index is 2.20. The summed E-state index contributed by atoms with van der Waals surface area (Å²) in [5, 5.41) is 8.27. The third kappa shape index (κ3) is 4.50. The lowest BCUT2D eigenvalue weighted by molar-refractivity contribution is 0.140. The molecule has 1 heterocycles. The highest BCUT2D eigenvalue weighted by Gasteiger charge is 2.09. The van der Waals surface area contributed by atoms with Gasteiger partial charge in [0, 0.05) is 20.1 Å². The summed E-state index contributed by atoms with van der Waals surface area (Å²) in [5.41, 5.74) is 1.88. The van der Waals surface area contributed by atoms with E-state index >= 15 is 0 Å². The molecule has 0 spiro atoms. The molecule has 1 aromatic heterocycles. The van der Waals surface area contributed by atoms with Crippen LogP contribution in [0.1, 0.15) is 17.8 Å². The molecule has 1 rings (SSSR count). The first kappa shape index (κ1) is 14.2. The maximum absolute atomic E-state index is 6.13. The second-order valence-electron chi connectivity index (χ2n) is 3.84. The van der Waals surface area contributed by atoms with Crippen LogP contribution < -0.4 is 5.32 Å². The Labute approximate surface area is 108 Å². The molecule has 1 aromatic rings. The van der Waals surface area contributed by atoms with Crippen LogP contribution in [-0.4, -0.2) is 29.5 Å². The number of rotatable bonds is 8.